The number of fused-ring (bicyclic) bond motifs is 1. The predicted molar refractivity (Wildman–Crippen MR) is 75.7 cm³/mol. The third-order valence-electron chi connectivity index (χ3n) is 3.23. The highest BCUT2D eigenvalue weighted by Gasteiger charge is 2.13. The molecule has 0 spiro atoms. The van der Waals surface area contributed by atoms with Crippen molar-refractivity contribution in [1.82, 2.24) is 9.55 Å². The molecule has 1 unspecified atom stereocenters. The molecule has 0 aliphatic heterocycles. The average Bonchev–Trinajstić information content (AvgIpc) is 2.97. The Morgan fingerprint density at radius 2 is 2.22 bits per heavy atom. The first-order chi connectivity index (χ1) is 8.75. The number of rotatable bonds is 3. The molecule has 2 aromatic heterocycles. The Bertz CT molecular complexity index is 668. The third kappa shape index (κ3) is 1.94. The molecule has 4 heteroatoms. The standard InChI is InChI=1S/C14H15N3S/c1-17-9-16-7-13(17)12(15)6-10-8-18-14-5-3-2-4-11(10)14/h2-5,7-9,12H,6,15H2,1H3. The van der Waals surface area contributed by atoms with Crippen molar-refractivity contribution in [3.05, 3.63) is 53.4 Å². The fourth-order valence-corrected chi connectivity index (χ4v) is 3.23. The molecule has 2 N–H and O–H groups in total. The van der Waals surface area contributed by atoms with E-state index in [1.54, 1.807) is 17.7 Å². The Balaban J connectivity index is 1.91. The van der Waals surface area contributed by atoms with Crippen LogP contribution >= 0.6 is 11.3 Å². The maximum atomic E-state index is 6.27. The van der Waals surface area contributed by atoms with Gasteiger partial charge in [0.2, 0.25) is 0 Å². The Morgan fingerprint density at radius 3 is 3.00 bits per heavy atom. The quantitative estimate of drug-likeness (QED) is 0.784. The molecule has 0 saturated heterocycles. The van der Waals surface area contributed by atoms with Crippen LogP contribution in [0.25, 0.3) is 10.1 Å². The van der Waals surface area contributed by atoms with E-state index in [9.17, 15) is 0 Å². The summed E-state index contributed by atoms with van der Waals surface area (Å²) in [6.07, 6.45) is 4.49. The summed E-state index contributed by atoms with van der Waals surface area (Å²) in [5.41, 5.74) is 8.66. The first-order valence-electron chi connectivity index (χ1n) is 5.92. The van der Waals surface area contributed by atoms with Crippen molar-refractivity contribution >= 4 is 21.4 Å². The molecular weight excluding hydrogens is 242 g/mol. The number of aryl methyl sites for hydroxylation is 1. The topological polar surface area (TPSA) is 43.8 Å². The highest BCUT2D eigenvalue weighted by molar-refractivity contribution is 7.17. The van der Waals surface area contributed by atoms with E-state index in [-0.39, 0.29) is 6.04 Å². The van der Waals surface area contributed by atoms with Crippen LogP contribution < -0.4 is 5.73 Å². The molecule has 0 aliphatic rings. The van der Waals surface area contributed by atoms with Gasteiger partial charge in [-0.25, -0.2) is 4.98 Å². The lowest BCUT2D eigenvalue weighted by atomic mass is 10.0. The maximum Gasteiger partial charge on any atom is 0.0946 e. The molecule has 0 bridgehead atoms. The van der Waals surface area contributed by atoms with Gasteiger partial charge in [0.15, 0.2) is 0 Å². The number of hydrogen-bond acceptors (Lipinski definition) is 3. The number of nitrogens with zero attached hydrogens (tertiary/aromatic N) is 2. The number of thiophene rings is 1. The lowest BCUT2D eigenvalue weighted by Crippen LogP contribution is -2.16. The van der Waals surface area contributed by atoms with E-state index in [4.69, 9.17) is 5.73 Å². The van der Waals surface area contributed by atoms with E-state index in [0.29, 0.717) is 0 Å². The van der Waals surface area contributed by atoms with E-state index in [2.05, 4.69) is 34.6 Å². The fraction of sp³-hybridized carbons (Fsp3) is 0.214. The summed E-state index contributed by atoms with van der Waals surface area (Å²) in [5, 5.41) is 3.53. The molecule has 1 aromatic carbocycles. The maximum absolute atomic E-state index is 6.27. The molecule has 3 rings (SSSR count). The molecule has 1 atom stereocenters. The summed E-state index contributed by atoms with van der Waals surface area (Å²) in [6, 6.07) is 8.46. The third-order valence-corrected chi connectivity index (χ3v) is 4.25. The minimum absolute atomic E-state index is 0.00416. The van der Waals surface area contributed by atoms with Gasteiger partial charge in [0.25, 0.3) is 0 Å². The van der Waals surface area contributed by atoms with E-state index in [1.807, 2.05) is 17.8 Å². The Kier molecular flexibility index (Phi) is 2.89. The molecule has 18 heavy (non-hydrogen) atoms. The van der Waals surface area contributed by atoms with Crippen LogP contribution in [0.5, 0.6) is 0 Å². The molecule has 0 saturated carbocycles. The van der Waals surface area contributed by atoms with Gasteiger partial charge in [-0.05, 0) is 28.8 Å². The second-order valence-electron chi connectivity index (χ2n) is 4.50. The predicted octanol–water partition coefficient (Wildman–Crippen LogP) is 2.88. The highest BCUT2D eigenvalue weighted by Crippen LogP contribution is 2.28. The van der Waals surface area contributed by atoms with Crippen molar-refractivity contribution < 1.29 is 0 Å². The zero-order valence-corrected chi connectivity index (χ0v) is 11.0. The SMILES string of the molecule is Cn1cncc1C(N)Cc1csc2ccccc12. The van der Waals surface area contributed by atoms with Gasteiger partial charge in [0.05, 0.1) is 18.1 Å². The van der Waals surface area contributed by atoms with Crippen LogP contribution in [-0.4, -0.2) is 9.55 Å². The lowest BCUT2D eigenvalue weighted by molar-refractivity contribution is 0.659. The Hall–Kier alpha value is -1.65. The van der Waals surface area contributed by atoms with Gasteiger partial charge < -0.3 is 10.3 Å². The summed E-state index contributed by atoms with van der Waals surface area (Å²) in [5.74, 6) is 0. The van der Waals surface area contributed by atoms with Gasteiger partial charge in [-0.15, -0.1) is 11.3 Å². The van der Waals surface area contributed by atoms with Gasteiger partial charge in [0, 0.05) is 17.9 Å². The van der Waals surface area contributed by atoms with Gasteiger partial charge in [0.1, 0.15) is 0 Å². The molecule has 0 amide bonds. The van der Waals surface area contributed by atoms with Gasteiger partial charge in [-0.2, -0.15) is 0 Å². The number of aromatic nitrogens is 2. The normalized spacial score (nSPS) is 13.0. The monoisotopic (exact) mass is 257 g/mol. The Morgan fingerprint density at radius 1 is 1.39 bits per heavy atom. The van der Waals surface area contributed by atoms with E-state index < -0.39 is 0 Å². The number of nitrogens with two attached hydrogens (primary N) is 1. The van der Waals surface area contributed by atoms with Crippen LogP contribution in [0.3, 0.4) is 0 Å². The second kappa shape index (κ2) is 4.55. The lowest BCUT2D eigenvalue weighted by Gasteiger charge is -2.11. The van der Waals surface area contributed by atoms with Crippen LogP contribution in [0.2, 0.25) is 0 Å². The van der Waals surface area contributed by atoms with Crippen LogP contribution in [-0.2, 0) is 13.5 Å². The molecule has 0 fully saturated rings. The summed E-state index contributed by atoms with van der Waals surface area (Å²) < 4.78 is 3.31. The van der Waals surface area contributed by atoms with E-state index in [0.717, 1.165) is 12.1 Å². The summed E-state index contributed by atoms with van der Waals surface area (Å²) in [4.78, 5) is 4.12. The molecular formula is C14H15N3S. The van der Waals surface area contributed by atoms with Gasteiger partial charge in [-0.1, -0.05) is 18.2 Å². The highest BCUT2D eigenvalue weighted by atomic mass is 32.1. The van der Waals surface area contributed by atoms with Gasteiger partial charge >= 0.3 is 0 Å². The summed E-state index contributed by atoms with van der Waals surface area (Å²) in [6.45, 7) is 0. The largest absolute Gasteiger partial charge is 0.336 e. The van der Waals surface area contributed by atoms with Crippen molar-refractivity contribution in [2.45, 2.75) is 12.5 Å². The van der Waals surface area contributed by atoms with Crippen molar-refractivity contribution in [2.75, 3.05) is 0 Å². The molecule has 3 aromatic rings. The van der Waals surface area contributed by atoms with Crippen molar-refractivity contribution in [3.8, 4) is 0 Å². The zero-order valence-electron chi connectivity index (χ0n) is 10.2. The number of imidazole rings is 1. The van der Waals surface area contributed by atoms with Crippen molar-refractivity contribution in [3.63, 3.8) is 0 Å². The molecule has 2 heterocycles. The van der Waals surface area contributed by atoms with Crippen LogP contribution in [0.15, 0.2) is 42.2 Å². The second-order valence-corrected chi connectivity index (χ2v) is 5.41. The van der Waals surface area contributed by atoms with Crippen molar-refractivity contribution in [1.29, 1.82) is 0 Å². The molecule has 0 aliphatic carbocycles. The number of hydrogen-bond donors (Lipinski definition) is 1. The number of benzene rings is 1. The minimum Gasteiger partial charge on any atom is -0.336 e. The summed E-state index contributed by atoms with van der Waals surface area (Å²) in [7, 11) is 1.98. The van der Waals surface area contributed by atoms with E-state index in [1.165, 1.54) is 15.6 Å². The minimum atomic E-state index is -0.00416. The van der Waals surface area contributed by atoms with Crippen LogP contribution in [0, 0.1) is 0 Å². The zero-order chi connectivity index (χ0) is 12.5. The average molecular weight is 257 g/mol. The first kappa shape index (κ1) is 11.4. The van der Waals surface area contributed by atoms with Crippen molar-refractivity contribution in [2.24, 2.45) is 12.8 Å². The molecule has 0 radical (unpaired) electrons. The smallest absolute Gasteiger partial charge is 0.0946 e. The van der Waals surface area contributed by atoms with E-state index >= 15 is 0 Å². The first-order valence-corrected chi connectivity index (χ1v) is 6.80. The summed E-state index contributed by atoms with van der Waals surface area (Å²) >= 11 is 1.78. The fourth-order valence-electron chi connectivity index (χ4n) is 2.26. The van der Waals surface area contributed by atoms with Crippen LogP contribution in [0.4, 0.5) is 0 Å². The molecule has 3 nitrogen and oxygen atoms in total. The van der Waals surface area contributed by atoms with Gasteiger partial charge in [-0.3, -0.25) is 0 Å². The molecule has 92 valence electrons. The Labute approximate surface area is 110 Å². The van der Waals surface area contributed by atoms with Crippen LogP contribution in [0.1, 0.15) is 17.3 Å².